The molecule has 0 aliphatic heterocycles. The molecule has 1 aromatic rings. The third-order valence-electron chi connectivity index (χ3n) is 3.32. The Morgan fingerprint density at radius 2 is 1.90 bits per heavy atom. The quantitative estimate of drug-likeness (QED) is 0.834. The van der Waals surface area contributed by atoms with E-state index in [1.165, 1.54) is 0 Å². The van der Waals surface area contributed by atoms with Crippen molar-refractivity contribution in [3.8, 4) is 0 Å². The average Bonchev–Trinajstić information content (AvgIpc) is 2.38. The van der Waals surface area contributed by atoms with Crippen LogP contribution >= 0.6 is 15.9 Å². The van der Waals surface area contributed by atoms with Gasteiger partial charge in [0.1, 0.15) is 0 Å². The van der Waals surface area contributed by atoms with Crippen LogP contribution in [0.2, 0.25) is 0 Å². The third-order valence-corrected chi connectivity index (χ3v) is 4.05. The standard InChI is InChI=1S/C14H20BrF3N2/c1-3-12(19)13(10-6-4-5-7-11(10)15)20(2)9-8-14(16,17)18/h4-7,12-13H,3,8-9,19H2,1-2H3. The average molecular weight is 353 g/mol. The van der Waals surface area contributed by atoms with Crippen molar-refractivity contribution in [2.24, 2.45) is 5.73 Å². The summed E-state index contributed by atoms with van der Waals surface area (Å²) in [5.41, 5.74) is 7.04. The number of halogens is 4. The number of hydrogen-bond donors (Lipinski definition) is 1. The van der Waals surface area contributed by atoms with E-state index in [1.54, 1.807) is 11.9 Å². The Labute approximate surface area is 126 Å². The van der Waals surface area contributed by atoms with E-state index in [9.17, 15) is 13.2 Å². The molecule has 1 rings (SSSR count). The van der Waals surface area contributed by atoms with E-state index in [4.69, 9.17) is 5.73 Å². The maximum atomic E-state index is 12.4. The van der Waals surface area contributed by atoms with E-state index in [0.717, 1.165) is 10.0 Å². The summed E-state index contributed by atoms with van der Waals surface area (Å²) >= 11 is 3.45. The molecule has 0 amide bonds. The lowest BCUT2D eigenvalue weighted by molar-refractivity contribution is -0.138. The van der Waals surface area contributed by atoms with Gasteiger partial charge in [-0.2, -0.15) is 13.2 Å². The molecule has 0 spiro atoms. The van der Waals surface area contributed by atoms with Gasteiger partial charge in [0.15, 0.2) is 0 Å². The predicted octanol–water partition coefficient (Wildman–Crippen LogP) is 4.11. The molecule has 0 aromatic heterocycles. The van der Waals surface area contributed by atoms with Crippen molar-refractivity contribution >= 4 is 15.9 Å². The molecular formula is C14H20BrF3N2. The maximum Gasteiger partial charge on any atom is 0.390 e. The van der Waals surface area contributed by atoms with Crippen LogP contribution in [0.4, 0.5) is 13.2 Å². The van der Waals surface area contributed by atoms with Crippen LogP contribution in [-0.4, -0.2) is 30.7 Å². The summed E-state index contributed by atoms with van der Waals surface area (Å²) in [6, 6.07) is 7.06. The van der Waals surface area contributed by atoms with E-state index in [2.05, 4.69) is 15.9 Å². The summed E-state index contributed by atoms with van der Waals surface area (Å²) in [4.78, 5) is 1.68. The van der Waals surface area contributed by atoms with Crippen LogP contribution in [0, 0.1) is 0 Å². The second kappa shape index (κ2) is 7.43. The van der Waals surface area contributed by atoms with Gasteiger partial charge in [-0.3, -0.25) is 4.90 Å². The van der Waals surface area contributed by atoms with Gasteiger partial charge in [0.25, 0.3) is 0 Å². The van der Waals surface area contributed by atoms with Crippen molar-refractivity contribution in [2.75, 3.05) is 13.6 Å². The molecule has 2 atom stereocenters. The Morgan fingerprint density at radius 1 is 1.30 bits per heavy atom. The maximum absolute atomic E-state index is 12.4. The van der Waals surface area contributed by atoms with Crippen molar-refractivity contribution in [3.63, 3.8) is 0 Å². The van der Waals surface area contributed by atoms with Crippen LogP contribution in [0.3, 0.4) is 0 Å². The molecule has 6 heteroatoms. The highest BCUT2D eigenvalue weighted by Gasteiger charge is 2.31. The fourth-order valence-corrected chi connectivity index (χ4v) is 2.69. The molecule has 2 nitrogen and oxygen atoms in total. The van der Waals surface area contributed by atoms with Crippen molar-refractivity contribution in [2.45, 2.75) is 38.0 Å². The normalized spacial score (nSPS) is 15.4. The first kappa shape index (κ1) is 17.5. The van der Waals surface area contributed by atoms with Crippen molar-refractivity contribution in [1.82, 2.24) is 4.90 Å². The first-order valence-corrected chi connectivity index (χ1v) is 7.32. The highest BCUT2D eigenvalue weighted by molar-refractivity contribution is 9.10. The number of likely N-dealkylation sites (N-methyl/N-ethyl adjacent to an activating group) is 1. The minimum Gasteiger partial charge on any atom is -0.326 e. The number of alkyl halides is 3. The predicted molar refractivity (Wildman–Crippen MR) is 78.5 cm³/mol. The largest absolute Gasteiger partial charge is 0.390 e. The van der Waals surface area contributed by atoms with Crippen LogP contribution in [0.5, 0.6) is 0 Å². The summed E-state index contributed by atoms with van der Waals surface area (Å²) in [6.07, 6.45) is -4.29. The van der Waals surface area contributed by atoms with E-state index in [-0.39, 0.29) is 18.6 Å². The number of nitrogens with zero attached hydrogens (tertiary/aromatic N) is 1. The third kappa shape index (κ3) is 5.07. The summed E-state index contributed by atoms with van der Waals surface area (Å²) in [5.74, 6) is 0. The molecule has 0 radical (unpaired) electrons. The molecule has 0 bridgehead atoms. The van der Waals surface area contributed by atoms with Crippen LogP contribution in [0.15, 0.2) is 28.7 Å². The summed E-state index contributed by atoms with van der Waals surface area (Å²) in [7, 11) is 1.69. The summed E-state index contributed by atoms with van der Waals surface area (Å²) in [6.45, 7) is 1.87. The van der Waals surface area contributed by atoms with Crippen LogP contribution in [0.1, 0.15) is 31.4 Å². The molecule has 0 fully saturated rings. The zero-order chi connectivity index (χ0) is 15.3. The molecule has 2 N–H and O–H groups in total. The Hall–Kier alpha value is -0.590. The first-order chi connectivity index (χ1) is 9.26. The lowest BCUT2D eigenvalue weighted by Crippen LogP contribution is -2.40. The Balaban J connectivity index is 2.93. The molecule has 0 heterocycles. The minimum atomic E-state index is -4.15. The van der Waals surface area contributed by atoms with E-state index in [0.29, 0.717) is 6.42 Å². The van der Waals surface area contributed by atoms with Gasteiger partial charge in [-0.15, -0.1) is 0 Å². The summed E-state index contributed by atoms with van der Waals surface area (Å²) in [5, 5.41) is 0. The zero-order valence-corrected chi connectivity index (χ0v) is 13.2. The highest BCUT2D eigenvalue weighted by atomic mass is 79.9. The first-order valence-electron chi connectivity index (χ1n) is 6.53. The van der Waals surface area contributed by atoms with Crippen molar-refractivity contribution < 1.29 is 13.2 Å². The highest BCUT2D eigenvalue weighted by Crippen LogP contribution is 2.31. The molecule has 2 unspecified atom stereocenters. The molecule has 1 aromatic carbocycles. The Bertz CT molecular complexity index is 423. The number of rotatable bonds is 6. The summed E-state index contributed by atoms with van der Waals surface area (Å²) < 4.78 is 38.0. The van der Waals surface area contributed by atoms with E-state index in [1.807, 2.05) is 31.2 Å². The molecule has 0 saturated heterocycles. The lowest BCUT2D eigenvalue weighted by Gasteiger charge is -2.33. The van der Waals surface area contributed by atoms with Gasteiger partial charge in [-0.25, -0.2) is 0 Å². The van der Waals surface area contributed by atoms with Gasteiger partial charge in [-0.1, -0.05) is 41.1 Å². The molecule has 20 heavy (non-hydrogen) atoms. The topological polar surface area (TPSA) is 29.3 Å². The molecule has 0 aliphatic rings. The van der Waals surface area contributed by atoms with Gasteiger partial charge in [0, 0.05) is 17.1 Å². The Kier molecular flexibility index (Phi) is 6.48. The molecule has 0 saturated carbocycles. The zero-order valence-electron chi connectivity index (χ0n) is 11.6. The minimum absolute atomic E-state index is 0.0663. The molecule has 0 aliphatic carbocycles. The Morgan fingerprint density at radius 3 is 2.40 bits per heavy atom. The number of nitrogens with two attached hydrogens (primary N) is 1. The van der Waals surface area contributed by atoms with E-state index >= 15 is 0 Å². The number of hydrogen-bond acceptors (Lipinski definition) is 2. The molecular weight excluding hydrogens is 333 g/mol. The SMILES string of the molecule is CCC(N)C(c1ccccc1Br)N(C)CCC(F)(F)F. The van der Waals surface area contributed by atoms with Gasteiger partial charge < -0.3 is 5.73 Å². The van der Waals surface area contributed by atoms with Crippen molar-refractivity contribution in [3.05, 3.63) is 34.3 Å². The van der Waals surface area contributed by atoms with Crippen molar-refractivity contribution in [1.29, 1.82) is 0 Å². The molecule has 114 valence electrons. The number of benzene rings is 1. The fraction of sp³-hybridized carbons (Fsp3) is 0.571. The van der Waals surface area contributed by atoms with Crippen LogP contribution in [0.25, 0.3) is 0 Å². The van der Waals surface area contributed by atoms with Gasteiger partial charge in [0.2, 0.25) is 0 Å². The second-order valence-electron chi connectivity index (χ2n) is 4.88. The van der Waals surface area contributed by atoms with E-state index < -0.39 is 12.6 Å². The van der Waals surface area contributed by atoms with Crippen LogP contribution in [-0.2, 0) is 0 Å². The second-order valence-corrected chi connectivity index (χ2v) is 5.74. The van der Waals surface area contributed by atoms with Gasteiger partial charge >= 0.3 is 6.18 Å². The van der Waals surface area contributed by atoms with Crippen LogP contribution < -0.4 is 5.73 Å². The monoisotopic (exact) mass is 352 g/mol. The fourth-order valence-electron chi connectivity index (χ4n) is 2.18. The smallest absolute Gasteiger partial charge is 0.326 e. The lowest BCUT2D eigenvalue weighted by atomic mass is 9.96. The van der Waals surface area contributed by atoms with Gasteiger partial charge in [-0.05, 0) is 25.1 Å². The van der Waals surface area contributed by atoms with Gasteiger partial charge in [0.05, 0.1) is 12.5 Å².